The molecule has 8 heteroatoms. The number of H-pyrrole nitrogens is 1. The van der Waals surface area contributed by atoms with E-state index in [1.807, 2.05) is 0 Å². The Morgan fingerprint density at radius 1 is 1.30 bits per heavy atom. The maximum atomic E-state index is 12.5. The fraction of sp³-hybridized carbons (Fsp3) is 0.579. The first kappa shape index (κ1) is 19.5. The molecule has 2 N–H and O–H groups in total. The Kier molecular flexibility index (Phi) is 5.94. The number of aromatic nitrogens is 2. The first-order valence-electron chi connectivity index (χ1n) is 9.35. The van der Waals surface area contributed by atoms with Crippen molar-refractivity contribution in [3.8, 4) is 0 Å². The number of aromatic amines is 1. The summed E-state index contributed by atoms with van der Waals surface area (Å²) in [6.45, 7) is 5.56. The molecule has 0 radical (unpaired) electrons. The highest BCUT2D eigenvalue weighted by atomic mass is 32.1. The molecule has 1 amide bonds. The number of carbonyl (C=O) groups is 2. The number of aryl methyl sites for hydroxylation is 2. The summed E-state index contributed by atoms with van der Waals surface area (Å²) in [5.74, 6) is 0.105. The molecule has 0 aromatic carbocycles. The van der Waals surface area contributed by atoms with Crippen LogP contribution in [0.15, 0.2) is 4.79 Å². The molecule has 2 aromatic heterocycles. The molecule has 1 aliphatic rings. The molecule has 0 unspecified atom stereocenters. The second-order valence-corrected chi connectivity index (χ2v) is 8.18. The summed E-state index contributed by atoms with van der Waals surface area (Å²) in [5, 5.41) is 3.28. The number of hydrogen-bond donors (Lipinski definition) is 2. The summed E-state index contributed by atoms with van der Waals surface area (Å²) in [4.78, 5) is 44.6. The highest BCUT2D eigenvalue weighted by Crippen LogP contribution is 2.28. The van der Waals surface area contributed by atoms with Gasteiger partial charge in [0.2, 0.25) is 0 Å². The van der Waals surface area contributed by atoms with Crippen LogP contribution in [0.1, 0.15) is 60.1 Å². The summed E-state index contributed by atoms with van der Waals surface area (Å²) in [6, 6.07) is 0. The predicted molar refractivity (Wildman–Crippen MR) is 104 cm³/mol. The van der Waals surface area contributed by atoms with Gasteiger partial charge >= 0.3 is 5.97 Å². The zero-order chi connectivity index (χ0) is 19.6. The first-order valence-corrected chi connectivity index (χ1v) is 10.2. The number of esters is 1. The molecular formula is C19H25N3O4S. The standard InChI is InChI=1S/C19H25N3O4S/c1-10-14-17(24)21-12(3)22-18(14)27-15(10)19(25)26-11(2)16(23)20-9-13-7-5-4-6-8-13/h11,13H,4-9H2,1-3H3,(H,20,23)(H,21,22,24)/t11-/m1/s1. The highest BCUT2D eigenvalue weighted by molar-refractivity contribution is 7.20. The minimum absolute atomic E-state index is 0.274. The molecule has 0 spiro atoms. The lowest BCUT2D eigenvalue weighted by Gasteiger charge is -2.22. The second-order valence-electron chi connectivity index (χ2n) is 7.18. The van der Waals surface area contributed by atoms with Crippen molar-refractivity contribution in [1.82, 2.24) is 15.3 Å². The highest BCUT2D eigenvalue weighted by Gasteiger charge is 2.25. The molecule has 2 aromatic rings. The lowest BCUT2D eigenvalue weighted by molar-refractivity contribution is -0.129. The van der Waals surface area contributed by atoms with Crippen molar-refractivity contribution in [1.29, 1.82) is 0 Å². The van der Waals surface area contributed by atoms with Crippen LogP contribution in [0.3, 0.4) is 0 Å². The Morgan fingerprint density at radius 2 is 2.00 bits per heavy atom. The number of carbonyl (C=O) groups excluding carboxylic acids is 2. The summed E-state index contributed by atoms with van der Waals surface area (Å²) < 4.78 is 5.34. The second kappa shape index (κ2) is 8.21. The zero-order valence-corrected chi connectivity index (χ0v) is 16.7. The topological polar surface area (TPSA) is 101 Å². The van der Waals surface area contributed by atoms with Crippen LogP contribution >= 0.6 is 11.3 Å². The fourth-order valence-electron chi connectivity index (χ4n) is 3.49. The molecule has 1 saturated carbocycles. The molecule has 1 aliphatic carbocycles. The predicted octanol–water partition coefficient (Wildman–Crippen LogP) is 2.84. The van der Waals surface area contributed by atoms with Gasteiger partial charge in [0.25, 0.3) is 11.5 Å². The molecular weight excluding hydrogens is 366 g/mol. The van der Waals surface area contributed by atoms with Crippen LogP contribution in [0.4, 0.5) is 0 Å². The fourth-order valence-corrected chi connectivity index (χ4v) is 4.60. The molecule has 27 heavy (non-hydrogen) atoms. The molecule has 7 nitrogen and oxygen atoms in total. The van der Waals surface area contributed by atoms with Crippen LogP contribution in [0.2, 0.25) is 0 Å². The monoisotopic (exact) mass is 391 g/mol. The molecule has 0 bridgehead atoms. The van der Waals surface area contributed by atoms with E-state index in [0.29, 0.717) is 38.9 Å². The van der Waals surface area contributed by atoms with Gasteiger partial charge in [-0.25, -0.2) is 9.78 Å². The van der Waals surface area contributed by atoms with Gasteiger partial charge in [-0.05, 0) is 45.1 Å². The molecule has 146 valence electrons. The SMILES string of the molecule is Cc1nc2sc(C(=O)O[C@H](C)C(=O)NCC3CCCCC3)c(C)c2c(=O)[nH]1. The van der Waals surface area contributed by atoms with Crippen LogP contribution in [0.25, 0.3) is 10.2 Å². The minimum atomic E-state index is -0.890. The minimum Gasteiger partial charge on any atom is -0.448 e. The molecule has 0 saturated heterocycles. The summed E-state index contributed by atoms with van der Waals surface area (Å²) in [6.07, 6.45) is 5.07. The molecule has 1 fully saturated rings. The number of amides is 1. The van der Waals surface area contributed by atoms with E-state index in [9.17, 15) is 14.4 Å². The smallest absolute Gasteiger partial charge is 0.349 e. The number of nitrogens with zero attached hydrogens (tertiary/aromatic N) is 1. The van der Waals surface area contributed by atoms with Gasteiger partial charge in [0.15, 0.2) is 6.10 Å². The zero-order valence-electron chi connectivity index (χ0n) is 15.9. The average Bonchev–Trinajstić information content (AvgIpc) is 2.97. The lowest BCUT2D eigenvalue weighted by Crippen LogP contribution is -2.38. The van der Waals surface area contributed by atoms with Gasteiger partial charge in [-0.3, -0.25) is 9.59 Å². The van der Waals surface area contributed by atoms with E-state index in [1.54, 1.807) is 20.8 Å². The number of nitrogens with one attached hydrogen (secondary N) is 2. The van der Waals surface area contributed by atoms with Crippen molar-refractivity contribution in [3.63, 3.8) is 0 Å². The number of hydrogen-bond acceptors (Lipinski definition) is 6. The van der Waals surface area contributed by atoms with Gasteiger partial charge in [0, 0.05) is 6.54 Å². The number of ether oxygens (including phenoxy) is 1. The van der Waals surface area contributed by atoms with Gasteiger partial charge in [-0.1, -0.05) is 19.3 Å². The van der Waals surface area contributed by atoms with E-state index < -0.39 is 12.1 Å². The Hall–Kier alpha value is -2.22. The maximum Gasteiger partial charge on any atom is 0.349 e. The third kappa shape index (κ3) is 4.37. The summed E-state index contributed by atoms with van der Waals surface area (Å²) >= 11 is 1.11. The third-order valence-electron chi connectivity index (χ3n) is 5.05. The molecule has 2 heterocycles. The molecule has 0 aliphatic heterocycles. The number of thiophene rings is 1. The Balaban J connectivity index is 1.65. The quantitative estimate of drug-likeness (QED) is 0.763. The summed E-state index contributed by atoms with van der Waals surface area (Å²) in [5.41, 5.74) is 0.257. The van der Waals surface area contributed by atoms with Gasteiger partial charge in [0.1, 0.15) is 15.5 Å². The largest absolute Gasteiger partial charge is 0.448 e. The summed E-state index contributed by atoms with van der Waals surface area (Å²) in [7, 11) is 0. The van der Waals surface area contributed by atoms with Crippen LogP contribution < -0.4 is 10.9 Å². The van der Waals surface area contributed by atoms with Crippen molar-refractivity contribution in [2.75, 3.05) is 6.54 Å². The normalized spacial score (nSPS) is 16.3. The van der Waals surface area contributed by atoms with E-state index >= 15 is 0 Å². The van der Waals surface area contributed by atoms with E-state index in [4.69, 9.17) is 4.74 Å². The van der Waals surface area contributed by atoms with Crippen LogP contribution in [-0.2, 0) is 9.53 Å². The van der Waals surface area contributed by atoms with Crippen molar-refractivity contribution < 1.29 is 14.3 Å². The van der Waals surface area contributed by atoms with Crippen LogP contribution in [-0.4, -0.2) is 34.5 Å². The van der Waals surface area contributed by atoms with E-state index in [2.05, 4.69) is 15.3 Å². The Bertz CT molecular complexity index is 912. The molecule has 3 rings (SSSR count). The number of fused-ring (bicyclic) bond motifs is 1. The van der Waals surface area contributed by atoms with Crippen molar-refractivity contribution in [2.45, 2.75) is 59.0 Å². The first-order chi connectivity index (χ1) is 12.9. The van der Waals surface area contributed by atoms with Crippen molar-refractivity contribution in [3.05, 3.63) is 26.6 Å². The van der Waals surface area contributed by atoms with E-state index in [-0.39, 0.29) is 11.5 Å². The lowest BCUT2D eigenvalue weighted by atomic mass is 9.89. The Labute approximate surface area is 161 Å². The van der Waals surface area contributed by atoms with Crippen LogP contribution in [0.5, 0.6) is 0 Å². The van der Waals surface area contributed by atoms with Gasteiger partial charge in [-0.15, -0.1) is 11.3 Å². The van der Waals surface area contributed by atoms with Gasteiger partial charge in [0.05, 0.1) is 5.39 Å². The van der Waals surface area contributed by atoms with E-state index in [1.165, 1.54) is 19.3 Å². The van der Waals surface area contributed by atoms with Crippen molar-refractivity contribution in [2.24, 2.45) is 5.92 Å². The average molecular weight is 391 g/mol. The van der Waals surface area contributed by atoms with Gasteiger partial charge in [-0.2, -0.15) is 0 Å². The van der Waals surface area contributed by atoms with Crippen molar-refractivity contribution >= 4 is 33.4 Å². The Morgan fingerprint density at radius 3 is 2.70 bits per heavy atom. The maximum absolute atomic E-state index is 12.5. The number of rotatable bonds is 5. The third-order valence-corrected chi connectivity index (χ3v) is 6.21. The van der Waals surface area contributed by atoms with Crippen LogP contribution in [0, 0.1) is 19.8 Å². The van der Waals surface area contributed by atoms with E-state index in [0.717, 1.165) is 24.2 Å². The molecule has 1 atom stereocenters. The van der Waals surface area contributed by atoms with Gasteiger partial charge < -0.3 is 15.0 Å².